The number of aromatic nitrogens is 1. The molecule has 1 aromatic heterocycles. The number of nitrogens with one attached hydrogen (secondary N) is 1. The van der Waals surface area contributed by atoms with E-state index in [-0.39, 0.29) is 12.4 Å². The number of nitrogens with zero attached hydrogens (tertiary/aromatic N) is 1. The van der Waals surface area contributed by atoms with Crippen LogP contribution in [0.4, 0.5) is 0 Å². The molecule has 0 bridgehead atoms. The molecular formula is C28H22N2O5. The summed E-state index contributed by atoms with van der Waals surface area (Å²) in [5.41, 5.74) is 2.50. The third-order valence-corrected chi connectivity index (χ3v) is 5.32. The van der Waals surface area contributed by atoms with Gasteiger partial charge in [0.05, 0.1) is 7.11 Å². The van der Waals surface area contributed by atoms with Gasteiger partial charge in [-0.3, -0.25) is 4.79 Å². The zero-order valence-electron chi connectivity index (χ0n) is 18.9. The van der Waals surface area contributed by atoms with Crippen molar-refractivity contribution in [2.45, 2.75) is 6.10 Å². The van der Waals surface area contributed by atoms with Crippen LogP contribution >= 0.6 is 0 Å². The number of hydrogen-bond acceptors (Lipinski definition) is 6. The van der Waals surface area contributed by atoms with E-state index in [1.54, 1.807) is 54.7 Å². The van der Waals surface area contributed by atoms with Gasteiger partial charge in [0.15, 0.2) is 24.2 Å². The lowest BCUT2D eigenvalue weighted by molar-refractivity contribution is -0.141. The molecule has 0 saturated carbocycles. The second-order valence-corrected chi connectivity index (χ2v) is 7.53. The normalized spacial score (nSPS) is 11.7. The van der Waals surface area contributed by atoms with Crippen LogP contribution in [-0.2, 0) is 9.53 Å². The van der Waals surface area contributed by atoms with E-state index < -0.39 is 12.1 Å². The molecule has 0 spiro atoms. The van der Waals surface area contributed by atoms with Crippen molar-refractivity contribution in [1.29, 1.82) is 5.26 Å². The van der Waals surface area contributed by atoms with Gasteiger partial charge in [-0.15, -0.1) is 0 Å². The Morgan fingerprint density at radius 2 is 1.80 bits per heavy atom. The Balaban J connectivity index is 1.56. The molecule has 3 aromatic carbocycles. The SMILES string of the molecule is COc1cc(C=CC(=O)OC(C(=O)c2c[nH]c3ccccc23)c2ccccc2)ccc1OCC#N. The van der Waals surface area contributed by atoms with E-state index in [2.05, 4.69) is 4.98 Å². The average molecular weight is 466 g/mol. The second-order valence-electron chi connectivity index (χ2n) is 7.53. The van der Waals surface area contributed by atoms with Gasteiger partial charge in [-0.2, -0.15) is 5.26 Å². The molecule has 0 aliphatic heterocycles. The third-order valence-electron chi connectivity index (χ3n) is 5.32. The van der Waals surface area contributed by atoms with Gasteiger partial charge in [0.25, 0.3) is 0 Å². The fourth-order valence-corrected chi connectivity index (χ4v) is 3.65. The summed E-state index contributed by atoms with van der Waals surface area (Å²) in [6, 6.07) is 23.3. The van der Waals surface area contributed by atoms with Gasteiger partial charge < -0.3 is 19.2 Å². The Kier molecular flexibility index (Phi) is 7.24. The van der Waals surface area contributed by atoms with Crippen molar-refractivity contribution >= 4 is 28.7 Å². The Labute approximate surface area is 202 Å². The first-order chi connectivity index (χ1) is 17.1. The largest absolute Gasteiger partial charge is 0.493 e. The van der Waals surface area contributed by atoms with E-state index in [9.17, 15) is 9.59 Å². The molecule has 0 aliphatic rings. The summed E-state index contributed by atoms with van der Waals surface area (Å²) >= 11 is 0. The first kappa shape index (κ1) is 23.3. The number of carbonyl (C=O) groups excluding carboxylic acids is 2. The summed E-state index contributed by atoms with van der Waals surface area (Å²) < 4.78 is 16.2. The summed E-state index contributed by atoms with van der Waals surface area (Å²) in [6.07, 6.45) is 3.33. The van der Waals surface area contributed by atoms with Crippen LogP contribution in [0.15, 0.2) is 85.1 Å². The second kappa shape index (κ2) is 10.9. The van der Waals surface area contributed by atoms with Gasteiger partial charge in [-0.05, 0) is 29.8 Å². The predicted octanol–water partition coefficient (Wildman–Crippen LogP) is 5.26. The van der Waals surface area contributed by atoms with Gasteiger partial charge >= 0.3 is 5.97 Å². The molecule has 0 aliphatic carbocycles. The van der Waals surface area contributed by atoms with Crippen molar-refractivity contribution in [3.8, 4) is 17.6 Å². The highest BCUT2D eigenvalue weighted by Crippen LogP contribution is 2.29. The number of carbonyl (C=O) groups is 2. The molecule has 4 aromatic rings. The molecular weight excluding hydrogens is 444 g/mol. The lowest BCUT2D eigenvalue weighted by Crippen LogP contribution is -2.19. The average Bonchev–Trinajstić information content (AvgIpc) is 3.34. The topological polar surface area (TPSA) is 101 Å². The number of rotatable bonds is 9. The van der Waals surface area contributed by atoms with Crippen molar-refractivity contribution in [2.24, 2.45) is 0 Å². The van der Waals surface area contributed by atoms with Gasteiger partial charge in [-0.1, -0.05) is 54.6 Å². The fourth-order valence-electron chi connectivity index (χ4n) is 3.65. The van der Waals surface area contributed by atoms with Crippen molar-refractivity contribution < 1.29 is 23.8 Å². The Hall–Kier alpha value is -4.83. The quantitative estimate of drug-likeness (QED) is 0.205. The van der Waals surface area contributed by atoms with Gasteiger partial charge in [-0.25, -0.2) is 4.79 Å². The van der Waals surface area contributed by atoms with Crippen LogP contribution in [0, 0.1) is 11.3 Å². The Morgan fingerprint density at radius 1 is 1.03 bits per heavy atom. The number of hydrogen-bond donors (Lipinski definition) is 1. The zero-order valence-corrected chi connectivity index (χ0v) is 18.9. The predicted molar refractivity (Wildman–Crippen MR) is 131 cm³/mol. The molecule has 0 radical (unpaired) electrons. The molecule has 1 heterocycles. The highest BCUT2D eigenvalue weighted by Gasteiger charge is 2.27. The molecule has 1 atom stereocenters. The summed E-state index contributed by atoms with van der Waals surface area (Å²) in [5.74, 6) is -0.151. The number of methoxy groups -OCH3 is 1. The highest BCUT2D eigenvalue weighted by molar-refractivity contribution is 6.10. The third kappa shape index (κ3) is 5.40. The first-order valence-corrected chi connectivity index (χ1v) is 10.8. The zero-order chi connectivity index (χ0) is 24.6. The van der Waals surface area contributed by atoms with Crippen molar-refractivity contribution in [3.63, 3.8) is 0 Å². The monoisotopic (exact) mass is 466 g/mol. The van der Waals surface area contributed by atoms with Crippen LogP contribution in [-0.4, -0.2) is 30.5 Å². The van der Waals surface area contributed by atoms with Crippen LogP contribution in [0.25, 0.3) is 17.0 Å². The van der Waals surface area contributed by atoms with E-state index in [1.165, 1.54) is 13.2 Å². The number of aromatic amines is 1. The van der Waals surface area contributed by atoms with Crippen LogP contribution < -0.4 is 9.47 Å². The Bertz CT molecular complexity index is 1420. The summed E-state index contributed by atoms with van der Waals surface area (Å²) in [5, 5.41) is 9.45. The van der Waals surface area contributed by atoms with Crippen molar-refractivity contribution in [3.05, 3.63) is 102 Å². The fraction of sp³-hybridized carbons (Fsp3) is 0.107. The van der Waals surface area contributed by atoms with E-state index in [0.29, 0.717) is 28.2 Å². The number of fused-ring (bicyclic) bond motifs is 1. The maximum absolute atomic E-state index is 13.5. The number of esters is 1. The maximum atomic E-state index is 13.5. The van der Waals surface area contributed by atoms with Gasteiger partial charge in [0.1, 0.15) is 6.07 Å². The first-order valence-electron chi connectivity index (χ1n) is 10.8. The summed E-state index contributed by atoms with van der Waals surface area (Å²) in [7, 11) is 1.48. The summed E-state index contributed by atoms with van der Waals surface area (Å²) in [6.45, 7) is -0.108. The molecule has 4 rings (SSSR count). The van der Waals surface area contributed by atoms with E-state index in [1.807, 2.05) is 36.4 Å². The summed E-state index contributed by atoms with van der Waals surface area (Å²) in [4.78, 5) is 29.3. The lowest BCUT2D eigenvalue weighted by Gasteiger charge is -2.16. The number of benzene rings is 3. The van der Waals surface area contributed by atoms with Crippen LogP contribution in [0.2, 0.25) is 0 Å². The van der Waals surface area contributed by atoms with Crippen molar-refractivity contribution in [1.82, 2.24) is 4.98 Å². The molecule has 7 heteroatoms. The maximum Gasteiger partial charge on any atom is 0.331 e. The van der Waals surface area contributed by atoms with Crippen LogP contribution in [0.1, 0.15) is 27.6 Å². The number of ketones is 1. The standard InChI is InChI=1S/C28H22N2O5/c1-33-25-17-19(11-13-24(25)34-16-15-29)12-14-26(31)35-28(20-7-3-2-4-8-20)27(32)22-18-30-23-10-6-5-9-21(22)23/h2-14,17-18,28,30H,16H2,1H3. The molecule has 0 amide bonds. The Morgan fingerprint density at radius 3 is 2.57 bits per heavy atom. The molecule has 0 fully saturated rings. The number of nitriles is 1. The molecule has 1 N–H and O–H groups in total. The van der Waals surface area contributed by atoms with E-state index in [0.717, 1.165) is 10.9 Å². The van der Waals surface area contributed by atoms with Crippen molar-refractivity contribution in [2.75, 3.05) is 13.7 Å². The van der Waals surface area contributed by atoms with E-state index in [4.69, 9.17) is 19.5 Å². The van der Waals surface area contributed by atoms with Crippen LogP contribution in [0.5, 0.6) is 11.5 Å². The van der Waals surface area contributed by atoms with E-state index >= 15 is 0 Å². The van der Waals surface area contributed by atoms with Gasteiger partial charge in [0.2, 0.25) is 5.78 Å². The van der Waals surface area contributed by atoms with Crippen LogP contribution in [0.3, 0.4) is 0 Å². The molecule has 174 valence electrons. The molecule has 35 heavy (non-hydrogen) atoms. The number of ether oxygens (including phenoxy) is 3. The molecule has 7 nitrogen and oxygen atoms in total. The minimum Gasteiger partial charge on any atom is -0.493 e. The molecule has 0 saturated heterocycles. The number of para-hydroxylation sites is 1. The highest BCUT2D eigenvalue weighted by atomic mass is 16.5. The minimum absolute atomic E-state index is 0.108. The smallest absolute Gasteiger partial charge is 0.331 e. The molecule has 1 unspecified atom stereocenters. The number of Topliss-reactive ketones (excluding diaryl/α,β-unsaturated/α-hetero) is 1. The number of H-pyrrole nitrogens is 1. The minimum atomic E-state index is -1.11. The van der Waals surface area contributed by atoms with Gasteiger partial charge in [0, 0.05) is 34.3 Å². The lowest BCUT2D eigenvalue weighted by atomic mass is 9.99.